The van der Waals surface area contributed by atoms with Crippen LogP contribution in [-0.2, 0) is 12.8 Å². The van der Waals surface area contributed by atoms with Crippen LogP contribution in [0.4, 0.5) is 4.39 Å². The van der Waals surface area contributed by atoms with Crippen LogP contribution in [0.3, 0.4) is 0 Å². The minimum atomic E-state index is -0.318. The third-order valence-electron chi connectivity index (χ3n) is 4.72. The molecule has 0 radical (unpaired) electrons. The molecule has 0 unspecified atom stereocenters. The van der Waals surface area contributed by atoms with Crippen molar-refractivity contribution in [2.45, 2.75) is 38.6 Å². The average Bonchev–Trinajstić information content (AvgIpc) is 3.19. The fourth-order valence-corrected chi connectivity index (χ4v) is 3.45. The molecule has 0 atom stereocenters. The number of hydrogen-bond acceptors (Lipinski definition) is 2. The predicted octanol–water partition coefficient (Wildman–Crippen LogP) is 4.55. The number of halogens is 1. The highest BCUT2D eigenvalue weighted by Gasteiger charge is 2.26. The van der Waals surface area contributed by atoms with Gasteiger partial charge in [-0.1, -0.05) is 38.1 Å². The van der Waals surface area contributed by atoms with E-state index < -0.39 is 0 Å². The van der Waals surface area contributed by atoms with E-state index in [-0.39, 0.29) is 11.9 Å². The third kappa shape index (κ3) is 2.62. The Morgan fingerprint density at radius 2 is 1.79 bits per heavy atom. The van der Waals surface area contributed by atoms with E-state index in [1.807, 2.05) is 0 Å². The maximum Gasteiger partial charge on any atom is 0.142 e. The summed E-state index contributed by atoms with van der Waals surface area (Å²) in [6.07, 6.45) is 4.87. The summed E-state index contributed by atoms with van der Waals surface area (Å²) in [5.41, 5.74) is 5.53. The fraction of sp³-hybridized carbons (Fsp3) is 0.300. The van der Waals surface area contributed by atoms with Crippen molar-refractivity contribution in [1.82, 2.24) is 14.8 Å². The summed E-state index contributed by atoms with van der Waals surface area (Å²) in [6, 6.07) is 12.4. The molecule has 3 aromatic rings. The SMILES string of the molecule is CC(C)c1cc(-c2cncc(F)c2)n(C2Cc3ccccc3C2)n1. The summed E-state index contributed by atoms with van der Waals surface area (Å²) in [7, 11) is 0. The largest absolute Gasteiger partial charge is 0.261 e. The summed E-state index contributed by atoms with van der Waals surface area (Å²) in [4.78, 5) is 4.01. The van der Waals surface area contributed by atoms with E-state index >= 15 is 0 Å². The Morgan fingerprint density at radius 1 is 1.08 bits per heavy atom. The first-order chi connectivity index (χ1) is 11.6. The molecule has 0 saturated carbocycles. The van der Waals surface area contributed by atoms with Crippen LogP contribution >= 0.6 is 0 Å². The molecule has 0 aliphatic heterocycles. The Balaban J connectivity index is 1.78. The van der Waals surface area contributed by atoms with E-state index in [2.05, 4.69) is 53.8 Å². The van der Waals surface area contributed by atoms with E-state index in [1.54, 1.807) is 6.20 Å². The lowest BCUT2D eigenvalue weighted by Gasteiger charge is -2.14. The zero-order chi connectivity index (χ0) is 16.7. The van der Waals surface area contributed by atoms with Gasteiger partial charge in [0.1, 0.15) is 5.82 Å². The van der Waals surface area contributed by atoms with Gasteiger partial charge >= 0.3 is 0 Å². The highest BCUT2D eigenvalue weighted by molar-refractivity contribution is 5.59. The van der Waals surface area contributed by atoms with Gasteiger partial charge in [-0.2, -0.15) is 5.10 Å². The van der Waals surface area contributed by atoms with Gasteiger partial charge in [-0.05, 0) is 42.0 Å². The zero-order valence-electron chi connectivity index (χ0n) is 13.9. The zero-order valence-corrected chi connectivity index (χ0v) is 13.9. The van der Waals surface area contributed by atoms with E-state index in [1.165, 1.54) is 23.4 Å². The molecular formula is C20H20FN3. The van der Waals surface area contributed by atoms with Gasteiger partial charge in [0.2, 0.25) is 0 Å². The highest BCUT2D eigenvalue weighted by atomic mass is 19.1. The number of hydrogen-bond donors (Lipinski definition) is 0. The topological polar surface area (TPSA) is 30.7 Å². The van der Waals surface area contributed by atoms with Crippen LogP contribution < -0.4 is 0 Å². The summed E-state index contributed by atoms with van der Waals surface area (Å²) in [6.45, 7) is 4.26. The molecule has 1 aromatic carbocycles. The first kappa shape index (κ1) is 15.1. The molecular weight excluding hydrogens is 301 g/mol. The van der Waals surface area contributed by atoms with Crippen molar-refractivity contribution in [3.05, 3.63) is 71.4 Å². The fourth-order valence-electron chi connectivity index (χ4n) is 3.45. The van der Waals surface area contributed by atoms with E-state index in [4.69, 9.17) is 5.10 Å². The van der Waals surface area contributed by atoms with Gasteiger partial charge in [-0.3, -0.25) is 9.67 Å². The number of benzene rings is 1. The van der Waals surface area contributed by atoms with Crippen molar-refractivity contribution < 1.29 is 4.39 Å². The first-order valence-electron chi connectivity index (χ1n) is 8.39. The first-order valence-corrected chi connectivity index (χ1v) is 8.39. The van der Waals surface area contributed by atoms with Crippen molar-refractivity contribution in [2.75, 3.05) is 0 Å². The van der Waals surface area contributed by atoms with Crippen molar-refractivity contribution in [2.24, 2.45) is 0 Å². The van der Waals surface area contributed by atoms with Crippen molar-refractivity contribution in [1.29, 1.82) is 0 Å². The van der Waals surface area contributed by atoms with Crippen molar-refractivity contribution >= 4 is 0 Å². The summed E-state index contributed by atoms with van der Waals surface area (Å²) < 4.78 is 15.7. The highest BCUT2D eigenvalue weighted by Crippen LogP contribution is 2.34. The Bertz CT molecular complexity index is 857. The van der Waals surface area contributed by atoms with Crippen molar-refractivity contribution in [3.8, 4) is 11.3 Å². The standard InChI is InChI=1S/C20H20FN3/c1-13(2)19-10-20(16-7-17(21)12-22-11-16)24(23-19)18-8-14-5-3-4-6-15(14)9-18/h3-7,10-13,18H,8-9H2,1-2H3. The maximum absolute atomic E-state index is 13.7. The number of fused-ring (bicyclic) bond motifs is 1. The molecule has 122 valence electrons. The normalized spacial score (nSPS) is 14.3. The van der Waals surface area contributed by atoms with Crippen molar-refractivity contribution in [3.63, 3.8) is 0 Å². The lowest BCUT2D eigenvalue weighted by molar-refractivity contribution is 0.473. The molecule has 0 N–H and O–H groups in total. The smallest absolute Gasteiger partial charge is 0.142 e. The van der Waals surface area contributed by atoms with Crippen LogP contribution in [0.5, 0.6) is 0 Å². The van der Waals surface area contributed by atoms with Crippen LogP contribution in [0.15, 0.2) is 48.8 Å². The number of rotatable bonds is 3. The lowest BCUT2D eigenvalue weighted by atomic mass is 10.1. The summed E-state index contributed by atoms with van der Waals surface area (Å²) >= 11 is 0. The molecule has 2 aromatic heterocycles. The minimum Gasteiger partial charge on any atom is -0.261 e. The minimum absolute atomic E-state index is 0.271. The second kappa shape index (κ2) is 5.86. The van der Waals surface area contributed by atoms with Crippen LogP contribution in [0.2, 0.25) is 0 Å². The number of nitrogens with zero attached hydrogens (tertiary/aromatic N) is 3. The second-order valence-corrected chi connectivity index (χ2v) is 6.78. The molecule has 0 fully saturated rings. The second-order valence-electron chi connectivity index (χ2n) is 6.78. The molecule has 3 nitrogen and oxygen atoms in total. The Morgan fingerprint density at radius 3 is 2.42 bits per heavy atom. The molecule has 1 aliphatic rings. The summed E-state index contributed by atoms with van der Waals surface area (Å²) in [5.74, 6) is 0.0105. The molecule has 2 heterocycles. The van der Waals surface area contributed by atoms with E-state index in [9.17, 15) is 4.39 Å². The molecule has 0 spiro atoms. The molecule has 24 heavy (non-hydrogen) atoms. The Kier molecular flexibility index (Phi) is 3.68. The van der Waals surface area contributed by atoms with Crippen LogP contribution in [0.1, 0.15) is 42.6 Å². The lowest BCUT2D eigenvalue weighted by Crippen LogP contribution is -2.12. The Labute approximate surface area is 141 Å². The van der Waals surface area contributed by atoms with Gasteiger partial charge in [0.25, 0.3) is 0 Å². The van der Waals surface area contributed by atoms with E-state index in [0.29, 0.717) is 5.92 Å². The number of pyridine rings is 1. The molecule has 0 bridgehead atoms. The molecule has 0 amide bonds. The quantitative estimate of drug-likeness (QED) is 0.708. The molecule has 4 heteroatoms. The number of aromatic nitrogens is 3. The van der Waals surface area contributed by atoms with Gasteiger partial charge < -0.3 is 0 Å². The van der Waals surface area contributed by atoms with Gasteiger partial charge in [0.05, 0.1) is 23.6 Å². The van der Waals surface area contributed by atoms with Gasteiger partial charge in [0.15, 0.2) is 0 Å². The Hall–Kier alpha value is -2.49. The maximum atomic E-state index is 13.7. The van der Waals surface area contributed by atoms with Gasteiger partial charge in [-0.25, -0.2) is 4.39 Å². The summed E-state index contributed by atoms with van der Waals surface area (Å²) in [5, 5.41) is 4.85. The molecule has 4 rings (SSSR count). The predicted molar refractivity (Wildman–Crippen MR) is 92.4 cm³/mol. The third-order valence-corrected chi connectivity index (χ3v) is 4.72. The van der Waals surface area contributed by atoms with Crippen LogP contribution in [0, 0.1) is 5.82 Å². The average molecular weight is 321 g/mol. The van der Waals surface area contributed by atoms with E-state index in [0.717, 1.165) is 29.8 Å². The molecule has 1 aliphatic carbocycles. The van der Waals surface area contributed by atoms with Gasteiger partial charge in [0, 0.05) is 11.8 Å². The van der Waals surface area contributed by atoms with Gasteiger partial charge in [-0.15, -0.1) is 0 Å². The van der Waals surface area contributed by atoms with Crippen LogP contribution in [0.25, 0.3) is 11.3 Å². The monoisotopic (exact) mass is 321 g/mol. The van der Waals surface area contributed by atoms with Crippen LogP contribution in [-0.4, -0.2) is 14.8 Å². The molecule has 0 saturated heterocycles.